The van der Waals surface area contributed by atoms with Gasteiger partial charge in [-0.3, -0.25) is 4.99 Å². The van der Waals surface area contributed by atoms with Crippen LogP contribution in [0.4, 0.5) is 4.39 Å². The first kappa shape index (κ1) is 23.1. The molecule has 0 saturated heterocycles. The quantitative estimate of drug-likeness (QED) is 0.260. The first-order valence-corrected chi connectivity index (χ1v) is 10.7. The Morgan fingerprint density at radius 2 is 1.86 bits per heavy atom. The Hall–Kier alpha value is -2.14. The molecule has 0 unspecified atom stereocenters. The van der Waals surface area contributed by atoms with Crippen LogP contribution in [0.5, 0.6) is 0 Å². The molecule has 0 saturated carbocycles. The number of nitrogens with zero attached hydrogens (tertiary/aromatic N) is 1. The fourth-order valence-corrected chi connectivity index (χ4v) is 3.57. The molecular weight excluding hydrogens is 506 g/mol. The zero-order valence-electron chi connectivity index (χ0n) is 16.2. The van der Waals surface area contributed by atoms with E-state index < -0.39 is 9.84 Å². The maximum atomic E-state index is 13.3. The van der Waals surface area contributed by atoms with Gasteiger partial charge in [0.25, 0.3) is 0 Å². The van der Waals surface area contributed by atoms with Crippen molar-refractivity contribution in [1.29, 1.82) is 0 Å². The van der Waals surface area contributed by atoms with Crippen molar-refractivity contribution in [2.45, 2.75) is 17.9 Å². The molecule has 29 heavy (non-hydrogen) atoms. The minimum Gasteiger partial charge on any atom is -0.361 e. The van der Waals surface area contributed by atoms with Gasteiger partial charge in [-0.05, 0) is 47.9 Å². The molecule has 2 aromatic carbocycles. The third-order valence-corrected chi connectivity index (χ3v) is 5.58. The Kier molecular flexibility index (Phi) is 8.03. The summed E-state index contributed by atoms with van der Waals surface area (Å²) in [5.74, 6) is 0.395. The summed E-state index contributed by atoms with van der Waals surface area (Å²) in [5.41, 5.74) is 2.85. The van der Waals surface area contributed by atoms with Crippen LogP contribution in [0.25, 0.3) is 10.9 Å². The van der Waals surface area contributed by atoms with Crippen LogP contribution >= 0.6 is 24.0 Å². The number of H-pyrrole nitrogens is 1. The molecule has 0 aliphatic rings. The second-order valence-corrected chi connectivity index (χ2v) is 8.54. The zero-order valence-corrected chi connectivity index (χ0v) is 19.3. The number of halogens is 2. The lowest BCUT2D eigenvalue weighted by Crippen LogP contribution is -2.37. The molecule has 9 heteroatoms. The smallest absolute Gasteiger partial charge is 0.191 e. The number of nitrogens with one attached hydrogen (secondary N) is 3. The topological polar surface area (TPSA) is 86.3 Å². The third-order valence-electron chi connectivity index (χ3n) is 4.45. The lowest BCUT2D eigenvalue weighted by molar-refractivity contribution is 0.602. The van der Waals surface area contributed by atoms with E-state index in [9.17, 15) is 12.8 Å². The molecule has 0 aliphatic heterocycles. The van der Waals surface area contributed by atoms with Gasteiger partial charge in [0.2, 0.25) is 0 Å². The summed E-state index contributed by atoms with van der Waals surface area (Å²) in [6, 6.07) is 11.5. The Morgan fingerprint density at radius 1 is 1.14 bits per heavy atom. The highest BCUT2D eigenvalue weighted by Crippen LogP contribution is 2.19. The Labute approximate surface area is 186 Å². The molecule has 3 rings (SSSR count). The predicted octanol–water partition coefficient (Wildman–Crippen LogP) is 3.24. The standard InChI is InChI=1S/C20H23FN4O2S.HI/c1-22-20(25-12-14-3-6-17(7-4-14)28(2,26)27)23-10-9-15-13-24-19-11-16(21)5-8-18(15)19;/h3-8,11,13,24H,9-10,12H2,1-2H3,(H2,22,23,25);1H. The van der Waals surface area contributed by atoms with E-state index >= 15 is 0 Å². The first-order valence-electron chi connectivity index (χ1n) is 8.86. The Morgan fingerprint density at radius 3 is 2.52 bits per heavy atom. The highest BCUT2D eigenvalue weighted by molar-refractivity contribution is 14.0. The summed E-state index contributed by atoms with van der Waals surface area (Å²) in [5, 5.41) is 7.46. The number of hydrogen-bond acceptors (Lipinski definition) is 3. The number of guanidine groups is 1. The number of rotatable bonds is 6. The Balaban J connectivity index is 0.00000300. The average Bonchev–Trinajstić information content (AvgIpc) is 3.06. The van der Waals surface area contributed by atoms with Crippen molar-refractivity contribution < 1.29 is 12.8 Å². The number of aliphatic imine (C=N–C) groups is 1. The molecular formula is C20H24FIN4O2S. The number of benzene rings is 2. The molecule has 0 fully saturated rings. The largest absolute Gasteiger partial charge is 0.361 e. The lowest BCUT2D eigenvalue weighted by Gasteiger charge is -2.12. The van der Waals surface area contributed by atoms with Gasteiger partial charge in [-0.2, -0.15) is 0 Å². The van der Waals surface area contributed by atoms with Gasteiger partial charge in [0.05, 0.1) is 4.90 Å². The highest BCUT2D eigenvalue weighted by atomic mass is 127. The van der Waals surface area contributed by atoms with Gasteiger partial charge in [-0.15, -0.1) is 24.0 Å². The summed E-state index contributed by atoms with van der Waals surface area (Å²) < 4.78 is 36.3. The molecule has 1 heterocycles. The SMILES string of the molecule is CN=C(NCCc1c[nH]c2cc(F)ccc12)NCc1ccc(S(C)(=O)=O)cc1.I. The minimum atomic E-state index is -3.19. The maximum absolute atomic E-state index is 13.3. The lowest BCUT2D eigenvalue weighted by atomic mass is 10.1. The van der Waals surface area contributed by atoms with Crippen molar-refractivity contribution in [3.05, 3.63) is 65.6 Å². The van der Waals surface area contributed by atoms with Crippen LogP contribution in [-0.2, 0) is 22.8 Å². The molecule has 0 atom stereocenters. The fourth-order valence-electron chi connectivity index (χ4n) is 2.94. The molecule has 6 nitrogen and oxygen atoms in total. The summed E-state index contributed by atoms with van der Waals surface area (Å²) in [6.07, 6.45) is 3.84. The summed E-state index contributed by atoms with van der Waals surface area (Å²) >= 11 is 0. The molecule has 0 spiro atoms. The molecule has 0 amide bonds. The molecule has 0 bridgehead atoms. The van der Waals surface area contributed by atoms with E-state index in [0.29, 0.717) is 23.9 Å². The van der Waals surface area contributed by atoms with E-state index in [2.05, 4.69) is 20.6 Å². The molecule has 0 radical (unpaired) electrons. The molecule has 3 aromatic rings. The highest BCUT2D eigenvalue weighted by Gasteiger charge is 2.07. The monoisotopic (exact) mass is 530 g/mol. The molecule has 1 aromatic heterocycles. The summed E-state index contributed by atoms with van der Waals surface area (Å²) in [6.45, 7) is 1.19. The van der Waals surface area contributed by atoms with E-state index in [4.69, 9.17) is 0 Å². The van der Waals surface area contributed by atoms with Gasteiger partial charge < -0.3 is 15.6 Å². The van der Waals surface area contributed by atoms with Crippen LogP contribution in [0.2, 0.25) is 0 Å². The first-order chi connectivity index (χ1) is 13.4. The normalized spacial score (nSPS) is 11.9. The van der Waals surface area contributed by atoms with Crippen LogP contribution in [0, 0.1) is 5.82 Å². The number of hydrogen-bond donors (Lipinski definition) is 3. The van der Waals surface area contributed by atoms with Crippen molar-refractivity contribution in [3.8, 4) is 0 Å². The second-order valence-electron chi connectivity index (χ2n) is 6.52. The zero-order chi connectivity index (χ0) is 20.1. The number of aromatic nitrogens is 1. The Bertz CT molecular complexity index is 1100. The van der Waals surface area contributed by atoms with Crippen LogP contribution < -0.4 is 10.6 Å². The minimum absolute atomic E-state index is 0. The predicted molar refractivity (Wildman–Crippen MR) is 125 cm³/mol. The van der Waals surface area contributed by atoms with Gasteiger partial charge in [0.15, 0.2) is 15.8 Å². The van der Waals surface area contributed by atoms with Crippen LogP contribution in [-0.4, -0.2) is 39.2 Å². The van der Waals surface area contributed by atoms with E-state index in [1.165, 1.54) is 18.4 Å². The van der Waals surface area contributed by atoms with E-state index in [0.717, 1.165) is 28.5 Å². The number of fused-ring (bicyclic) bond motifs is 1. The van der Waals surface area contributed by atoms with Crippen LogP contribution in [0.1, 0.15) is 11.1 Å². The van der Waals surface area contributed by atoms with Crippen molar-refractivity contribution in [2.75, 3.05) is 19.8 Å². The van der Waals surface area contributed by atoms with Gasteiger partial charge in [-0.1, -0.05) is 12.1 Å². The van der Waals surface area contributed by atoms with Crippen molar-refractivity contribution in [1.82, 2.24) is 15.6 Å². The summed E-state index contributed by atoms with van der Waals surface area (Å²) in [4.78, 5) is 7.58. The van der Waals surface area contributed by atoms with E-state index in [1.54, 1.807) is 37.4 Å². The molecule has 0 aliphatic carbocycles. The second kappa shape index (κ2) is 10.1. The van der Waals surface area contributed by atoms with Crippen LogP contribution in [0.3, 0.4) is 0 Å². The van der Waals surface area contributed by atoms with E-state index in [1.807, 2.05) is 6.20 Å². The molecule has 156 valence electrons. The van der Waals surface area contributed by atoms with Gasteiger partial charge in [-0.25, -0.2) is 12.8 Å². The van der Waals surface area contributed by atoms with Gasteiger partial charge in [0.1, 0.15) is 5.82 Å². The maximum Gasteiger partial charge on any atom is 0.191 e. The third kappa shape index (κ3) is 6.17. The van der Waals surface area contributed by atoms with Gasteiger partial charge in [0, 0.05) is 43.5 Å². The van der Waals surface area contributed by atoms with Crippen molar-refractivity contribution in [2.24, 2.45) is 4.99 Å². The fraction of sp³-hybridized carbons (Fsp3) is 0.250. The van der Waals surface area contributed by atoms with Crippen molar-refractivity contribution in [3.63, 3.8) is 0 Å². The van der Waals surface area contributed by atoms with E-state index in [-0.39, 0.29) is 29.8 Å². The molecule has 3 N–H and O–H groups in total. The number of aromatic amines is 1. The van der Waals surface area contributed by atoms with Crippen LogP contribution in [0.15, 0.2) is 58.5 Å². The average molecular weight is 530 g/mol. The number of sulfone groups is 1. The van der Waals surface area contributed by atoms with Gasteiger partial charge >= 0.3 is 0 Å². The van der Waals surface area contributed by atoms with Crippen molar-refractivity contribution >= 4 is 50.7 Å². The summed E-state index contributed by atoms with van der Waals surface area (Å²) in [7, 11) is -1.50.